The van der Waals surface area contributed by atoms with E-state index in [0.717, 1.165) is 18.7 Å². The van der Waals surface area contributed by atoms with Crippen molar-refractivity contribution in [3.05, 3.63) is 151 Å². The molecule has 53 heavy (non-hydrogen) atoms. The maximum Gasteiger partial charge on any atom is 0.413 e. The fourth-order valence-electron chi connectivity index (χ4n) is 6.14. The van der Waals surface area contributed by atoms with E-state index in [1.807, 2.05) is 80.6 Å². The van der Waals surface area contributed by atoms with Crippen LogP contribution < -0.4 is 14.8 Å². The topological polar surface area (TPSA) is 122 Å². The van der Waals surface area contributed by atoms with Crippen molar-refractivity contribution in [2.75, 3.05) is 26.7 Å². The van der Waals surface area contributed by atoms with Crippen LogP contribution in [-0.2, 0) is 29.5 Å². The Labute approximate surface area is 313 Å². The summed E-state index contributed by atoms with van der Waals surface area (Å²) < 4.78 is 45.8. The second-order valence-corrected chi connectivity index (χ2v) is 15.9. The first kappa shape index (κ1) is 39.3. The Morgan fingerprint density at radius 3 is 1.91 bits per heavy atom. The van der Waals surface area contributed by atoms with Gasteiger partial charge in [-0.25, -0.2) is 13.2 Å². The molecular formula is C42H49N3O7S. The smallest absolute Gasteiger partial charge is 0.413 e. The fourth-order valence-corrected chi connectivity index (χ4v) is 7.79. The standard InChI is InChI=1S/C42H49N3O7S/c1-42(2,24-25-44(28-34-15-9-5-10-16-34)29-35-17-11-6-12-18-35)32-45(53(48,49)38-21-19-36(50-3)20-22-38)30-40(46)39(27-33-13-7-4-8-14-33)43-41(47)52-37-23-26-51-31-37/h4-23,26,31,39-40,46H,24-25,27-30,32H2,1-3H3,(H,43,47)/t39-,40+/m0/s1. The van der Waals surface area contributed by atoms with Crippen molar-refractivity contribution in [3.8, 4) is 11.5 Å². The zero-order chi connectivity index (χ0) is 37.7. The van der Waals surface area contributed by atoms with Crippen molar-refractivity contribution in [1.82, 2.24) is 14.5 Å². The number of amides is 1. The SMILES string of the molecule is COc1ccc(S(=O)(=O)N(C[C@@H](O)[C@H](Cc2ccccc2)NC(=O)Oc2ccoc2)CC(C)(C)CCN(Cc2ccccc2)Cc2ccccc2)cc1. The van der Waals surface area contributed by atoms with Crippen molar-refractivity contribution in [2.24, 2.45) is 5.41 Å². The molecule has 0 saturated carbocycles. The van der Waals surface area contributed by atoms with Crippen molar-refractivity contribution >= 4 is 16.1 Å². The third-order valence-electron chi connectivity index (χ3n) is 9.07. The molecule has 4 aromatic carbocycles. The molecule has 280 valence electrons. The minimum atomic E-state index is -4.12. The number of aliphatic hydroxyl groups is 1. The number of nitrogens with zero attached hydrogens (tertiary/aromatic N) is 2. The van der Waals surface area contributed by atoms with Crippen LogP contribution >= 0.6 is 0 Å². The molecule has 0 spiro atoms. The molecule has 0 unspecified atom stereocenters. The lowest BCUT2D eigenvalue weighted by Crippen LogP contribution is -2.52. The largest absolute Gasteiger partial charge is 0.497 e. The summed E-state index contributed by atoms with van der Waals surface area (Å²) in [5, 5.41) is 14.6. The second kappa shape index (κ2) is 18.7. The number of aliphatic hydroxyl groups excluding tert-OH is 1. The summed E-state index contributed by atoms with van der Waals surface area (Å²) in [7, 11) is -2.60. The molecule has 0 radical (unpaired) electrons. The molecule has 0 aliphatic carbocycles. The van der Waals surface area contributed by atoms with Gasteiger partial charge in [-0.2, -0.15) is 4.31 Å². The summed E-state index contributed by atoms with van der Waals surface area (Å²) >= 11 is 0. The van der Waals surface area contributed by atoms with Crippen molar-refractivity contribution < 1.29 is 32.2 Å². The number of furan rings is 1. The second-order valence-electron chi connectivity index (χ2n) is 13.9. The number of sulfonamides is 1. The molecule has 0 fully saturated rings. The third kappa shape index (κ3) is 12.0. The highest BCUT2D eigenvalue weighted by Gasteiger charge is 2.35. The van der Waals surface area contributed by atoms with Crippen LogP contribution in [0.5, 0.6) is 11.5 Å². The number of benzene rings is 4. The number of hydrogen-bond donors (Lipinski definition) is 2. The normalized spacial score (nSPS) is 13.1. The summed E-state index contributed by atoms with van der Waals surface area (Å²) in [5.41, 5.74) is 2.71. The summed E-state index contributed by atoms with van der Waals surface area (Å²) in [6, 6.07) is 36.8. The van der Waals surface area contributed by atoms with Gasteiger partial charge < -0.3 is 24.3 Å². The average molecular weight is 740 g/mol. The molecule has 1 aromatic heterocycles. The Hall–Kier alpha value is -4.94. The molecular weight excluding hydrogens is 691 g/mol. The minimum Gasteiger partial charge on any atom is -0.497 e. The van der Waals surface area contributed by atoms with Gasteiger partial charge in [-0.1, -0.05) is 105 Å². The van der Waals surface area contributed by atoms with Gasteiger partial charge in [0.15, 0.2) is 5.75 Å². The number of hydrogen-bond acceptors (Lipinski definition) is 8. The molecule has 1 amide bonds. The van der Waals surface area contributed by atoms with Gasteiger partial charge in [0, 0.05) is 32.2 Å². The van der Waals surface area contributed by atoms with Crippen molar-refractivity contribution in [2.45, 2.75) is 56.8 Å². The Bertz CT molecular complexity index is 1880. The van der Waals surface area contributed by atoms with Gasteiger partial charge in [0.2, 0.25) is 10.0 Å². The zero-order valence-corrected chi connectivity index (χ0v) is 31.3. The van der Waals surface area contributed by atoms with Gasteiger partial charge in [-0.15, -0.1) is 0 Å². The molecule has 0 saturated heterocycles. The van der Waals surface area contributed by atoms with Crippen LogP contribution in [0.25, 0.3) is 0 Å². The number of nitrogens with one attached hydrogen (secondary N) is 1. The predicted molar refractivity (Wildman–Crippen MR) is 205 cm³/mol. The van der Waals surface area contributed by atoms with Gasteiger partial charge in [-0.05, 0) is 65.8 Å². The highest BCUT2D eigenvalue weighted by Crippen LogP contribution is 2.29. The maximum atomic E-state index is 14.4. The summed E-state index contributed by atoms with van der Waals surface area (Å²) in [6.07, 6.45) is 1.47. The van der Waals surface area contributed by atoms with Gasteiger partial charge in [0.1, 0.15) is 12.0 Å². The van der Waals surface area contributed by atoms with E-state index in [9.17, 15) is 18.3 Å². The highest BCUT2D eigenvalue weighted by atomic mass is 32.2. The molecule has 11 heteroatoms. The molecule has 5 aromatic rings. The first-order valence-corrected chi connectivity index (χ1v) is 19.1. The van der Waals surface area contributed by atoms with Gasteiger partial charge in [-0.3, -0.25) is 4.90 Å². The van der Waals surface area contributed by atoms with Gasteiger partial charge in [0.25, 0.3) is 0 Å². The number of ether oxygens (including phenoxy) is 2. The first-order chi connectivity index (χ1) is 25.5. The van der Waals surface area contributed by atoms with Gasteiger partial charge >= 0.3 is 6.09 Å². The van der Waals surface area contributed by atoms with E-state index in [2.05, 4.69) is 34.5 Å². The lowest BCUT2D eigenvalue weighted by molar-refractivity contribution is 0.0891. The molecule has 0 aliphatic heterocycles. The molecule has 0 bridgehead atoms. The van der Waals surface area contributed by atoms with Crippen LogP contribution in [0.4, 0.5) is 4.79 Å². The Kier molecular flexibility index (Phi) is 13.9. The van der Waals surface area contributed by atoms with E-state index in [1.54, 1.807) is 12.1 Å². The first-order valence-electron chi connectivity index (χ1n) is 17.7. The summed E-state index contributed by atoms with van der Waals surface area (Å²) in [5.74, 6) is 0.727. The highest BCUT2D eigenvalue weighted by molar-refractivity contribution is 7.89. The maximum absolute atomic E-state index is 14.4. The molecule has 2 N–H and O–H groups in total. The zero-order valence-electron chi connectivity index (χ0n) is 30.5. The van der Waals surface area contributed by atoms with Crippen LogP contribution in [0.2, 0.25) is 0 Å². The van der Waals surface area contributed by atoms with Crippen LogP contribution in [0, 0.1) is 5.41 Å². The van der Waals surface area contributed by atoms with E-state index in [1.165, 1.54) is 53.3 Å². The molecule has 1 heterocycles. The van der Waals surface area contributed by atoms with Crippen LogP contribution in [-0.4, -0.2) is 67.7 Å². The molecule has 5 rings (SSSR count). The van der Waals surface area contributed by atoms with E-state index in [4.69, 9.17) is 13.9 Å². The van der Waals surface area contributed by atoms with E-state index in [0.29, 0.717) is 18.7 Å². The summed E-state index contributed by atoms with van der Waals surface area (Å²) in [4.78, 5) is 15.4. The Morgan fingerprint density at radius 2 is 1.38 bits per heavy atom. The fraction of sp³-hybridized carbons (Fsp3) is 0.310. The molecule has 2 atom stereocenters. The third-order valence-corrected chi connectivity index (χ3v) is 10.9. The average Bonchev–Trinajstić information content (AvgIpc) is 3.67. The molecule has 10 nitrogen and oxygen atoms in total. The molecule has 0 aliphatic rings. The van der Waals surface area contributed by atoms with Crippen molar-refractivity contribution in [1.29, 1.82) is 0 Å². The Morgan fingerprint density at radius 1 is 0.811 bits per heavy atom. The lowest BCUT2D eigenvalue weighted by atomic mass is 9.88. The lowest BCUT2D eigenvalue weighted by Gasteiger charge is -2.36. The van der Waals surface area contributed by atoms with E-state index in [-0.39, 0.29) is 30.2 Å². The van der Waals surface area contributed by atoms with Crippen LogP contribution in [0.1, 0.15) is 37.0 Å². The van der Waals surface area contributed by atoms with Crippen LogP contribution in [0.3, 0.4) is 0 Å². The predicted octanol–water partition coefficient (Wildman–Crippen LogP) is 7.16. The van der Waals surface area contributed by atoms with E-state index >= 15 is 0 Å². The Balaban J connectivity index is 1.39. The number of rotatable bonds is 19. The number of carbonyl (C=O) groups is 1. The van der Waals surface area contributed by atoms with Gasteiger partial charge in [0.05, 0.1) is 30.4 Å². The quantitative estimate of drug-likeness (QED) is 0.0916. The van der Waals surface area contributed by atoms with E-state index < -0.39 is 33.7 Å². The monoisotopic (exact) mass is 739 g/mol. The van der Waals surface area contributed by atoms with Crippen LogP contribution in [0.15, 0.2) is 143 Å². The minimum absolute atomic E-state index is 0.0722. The summed E-state index contributed by atoms with van der Waals surface area (Å²) in [6.45, 7) is 6.09. The number of methoxy groups -OCH3 is 1. The number of carbonyl (C=O) groups excluding carboxylic acids is 1. The van der Waals surface area contributed by atoms with Crippen molar-refractivity contribution in [3.63, 3.8) is 0 Å².